The SMILES string of the molecule is CC(=O)Nc1nc(SCC(=O)NCc2ccco2)[nH]c(=O)c1NC(=O)c1ccc(F)cc1. The Labute approximate surface area is 185 Å². The Hall–Kier alpha value is -3.93. The first kappa shape index (κ1) is 22.7. The number of thioether (sulfide) groups is 1. The average molecular weight is 459 g/mol. The fourth-order valence-corrected chi connectivity index (χ4v) is 3.16. The zero-order chi connectivity index (χ0) is 23.1. The van der Waals surface area contributed by atoms with Gasteiger partial charge < -0.3 is 20.4 Å². The maximum absolute atomic E-state index is 13.1. The lowest BCUT2D eigenvalue weighted by Gasteiger charge is -2.11. The number of amides is 3. The molecule has 2 aromatic heterocycles. The van der Waals surface area contributed by atoms with Crippen LogP contribution in [0.3, 0.4) is 0 Å². The van der Waals surface area contributed by atoms with E-state index in [1.54, 1.807) is 12.1 Å². The van der Waals surface area contributed by atoms with Crippen molar-refractivity contribution in [3.63, 3.8) is 0 Å². The van der Waals surface area contributed by atoms with Gasteiger partial charge >= 0.3 is 0 Å². The fourth-order valence-electron chi connectivity index (χ4n) is 2.46. The van der Waals surface area contributed by atoms with Gasteiger partial charge in [0, 0.05) is 12.5 Å². The van der Waals surface area contributed by atoms with Gasteiger partial charge in [-0.3, -0.25) is 24.2 Å². The third kappa shape index (κ3) is 6.28. The van der Waals surface area contributed by atoms with E-state index in [0.717, 1.165) is 23.9 Å². The standard InChI is InChI=1S/C20H18FN5O5S/c1-11(27)23-17-16(24-18(29)12-4-6-13(21)7-5-12)19(30)26-20(25-17)32-10-15(28)22-9-14-3-2-8-31-14/h2-8H,9-10H2,1H3,(H,22,28)(H,24,29)(H2,23,25,26,27,30). The topological polar surface area (TPSA) is 146 Å². The van der Waals surface area contributed by atoms with Crippen molar-refractivity contribution < 1.29 is 23.2 Å². The molecule has 3 rings (SSSR count). The molecule has 4 N–H and O–H groups in total. The minimum atomic E-state index is -0.738. The van der Waals surface area contributed by atoms with E-state index in [1.165, 1.54) is 25.3 Å². The Morgan fingerprint density at radius 2 is 1.91 bits per heavy atom. The minimum Gasteiger partial charge on any atom is -0.467 e. The van der Waals surface area contributed by atoms with Crippen molar-refractivity contribution in [3.8, 4) is 0 Å². The summed E-state index contributed by atoms with van der Waals surface area (Å²) in [6, 6.07) is 8.10. The van der Waals surface area contributed by atoms with Crippen LogP contribution in [0.4, 0.5) is 15.9 Å². The quantitative estimate of drug-likeness (QED) is 0.298. The van der Waals surface area contributed by atoms with Crippen molar-refractivity contribution in [1.29, 1.82) is 0 Å². The second-order valence-electron chi connectivity index (χ2n) is 6.38. The summed E-state index contributed by atoms with van der Waals surface area (Å²) >= 11 is 0.932. The first-order chi connectivity index (χ1) is 15.3. The van der Waals surface area contributed by atoms with Crippen LogP contribution in [0.15, 0.2) is 57.0 Å². The number of rotatable bonds is 8. The number of carbonyl (C=O) groups excluding carboxylic acids is 3. The third-order valence-electron chi connectivity index (χ3n) is 3.92. The number of hydrogen-bond acceptors (Lipinski definition) is 7. The molecule has 12 heteroatoms. The van der Waals surface area contributed by atoms with Crippen molar-refractivity contribution >= 4 is 41.0 Å². The molecular weight excluding hydrogens is 441 g/mol. The first-order valence-electron chi connectivity index (χ1n) is 9.22. The molecule has 3 aromatic rings. The molecule has 166 valence electrons. The lowest BCUT2D eigenvalue weighted by atomic mass is 10.2. The number of H-pyrrole nitrogens is 1. The van der Waals surface area contributed by atoms with Gasteiger partial charge in [0.15, 0.2) is 16.7 Å². The molecule has 10 nitrogen and oxygen atoms in total. The Kier molecular flexibility index (Phi) is 7.39. The van der Waals surface area contributed by atoms with Crippen molar-refractivity contribution in [2.45, 2.75) is 18.6 Å². The van der Waals surface area contributed by atoms with E-state index in [0.29, 0.717) is 5.76 Å². The van der Waals surface area contributed by atoms with Gasteiger partial charge in [-0.1, -0.05) is 11.8 Å². The lowest BCUT2D eigenvalue weighted by molar-refractivity contribution is -0.118. The Morgan fingerprint density at radius 3 is 2.56 bits per heavy atom. The van der Waals surface area contributed by atoms with Crippen LogP contribution in [0.1, 0.15) is 23.0 Å². The van der Waals surface area contributed by atoms with Crippen molar-refractivity contribution in [3.05, 3.63) is 70.2 Å². The van der Waals surface area contributed by atoms with Crippen LogP contribution in [-0.2, 0) is 16.1 Å². The number of aromatic nitrogens is 2. The highest BCUT2D eigenvalue weighted by atomic mass is 32.2. The molecule has 1 aromatic carbocycles. The van der Waals surface area contributed by atoms with Gasteiger partial charge in [0.1, 0.15) is 11.6 Å². The molecule has 0 spiro atoms. The lowest BCUT2D eigenvalue weighted by Crippen LogP contribution is -2.26. The number of benzene rings is 1. The average Bonchev–Trinajstić information content (AvgIpc) is 3.27. The summed E-state index contributed by atoms with van der Waals surface area (Å²) < 4.78 is 18.2. The van der Waals surface area contributed by atoms with Gasteiger partial charge in [0.2, 0.25) is 11.8 Å². The molecule has 0 radical (unpaired) electrons. The highest BCUT2D eigenvalue weighted by Gasteiger charge is 2.17. The third-order valence-corrected chi connectivity index (χ3v) is 4.79. The monoisotopic (exact) mass is 459 g/mol. The van der Waals surface area contributed by atoms with Crippen LogP contribution in [0.5, 0.6) is 0 Å². The van der Waals surface area contributed by atoms with E-state index < -0.39 is 23.2 Å². The van der Waals surface area contributed by atoms with E-state index in [4.69, 9.17) is 4.42 Å². The highest BCUT2D eigenvalue weighted by Crippen LogP contribution is 2.20. The van der Waals surface area contributed by atoms with Crippen LogP contribution < -0.4 is 21.5 Å². The van der Waals surface area contributed by atoms with E-state index in [2.05, 4.69) is 25.9 Å². The number of anilines is 2. The van der Waals surface area contributed by atoms with Crippen LogP contribution in [0.25, 0.3) is 0 Å². The molecule has 3 amide bonds. The van der Waals surface area contributed by atoms with Crippen LogP contribution >= 0.6 is 11.8 Å². The van der Waals surface area contributed by atoms with Crippen molar-refractivity contribution in [2.75, 3.05) is 16.4 Å². The normalized spacial score (nSPS) is 10.4. The van der Waals surface area contributed by atoms with Crippen LogP contribution in [0.2, 0.25) is 0 Å². The van der Waals surface area contributed by atoms with E-state index in [1.807, 2.05) is 0 Å². The minimum absolute atomic E-state index is 0.0617. The number of hydrogen-bond donors (Lipinski definition) is 4. The molecule has 32 heavy (non-hydrogen) atoms. The number of furan rings is 1. The largest absolute Gasteiger partial charge is 0.467 e. The number of aromatic amines is 1. The van der Waals surface area contributed by atoms with Crippen molar-refractivity contribution in [2.24, 2.45) is 0 Å². The highest BCUT2D eigenvalue weighted by molar-refractivity contribution is 7.99. The molecule has 0 aliphatic carbocycles. The second kappa shape index (κ2) is 10.4. The summed E-state index contributed by atoms with van der Waals surface area (Å²) in [6.07, 6.45) is 1.49. The summed E-state index contributed by atoms with van der Waals surface area (Å²) in [5.41, 5.74) is -0.926. The zero-order valence-corrected chi connectivity index (χ0v) is 17.5. The van der Waals surface area contributed by atoms with Crippen molar-refractivity contribution in [1.82, 2.24) is 15.3 Å². The summed E-state index contributed by atoms with van der Waals surface area (Å²) in [7, 11) is 0. The zero-order valence-electron chi connectivity index (χ0n) is 16.7. The number of carbonyl (C=O) groups is 3. The molecule has 0 saturated heterocycles. The summed E-state index contributed by atoms with van der Waals surface area (Å²) in [5.74, 6) is -1.73. The predicted octanol–water partition coefficient (Wildman–Crippen LogP) is 2.12. The number of halogens is 1. The molecule has 0 atom stereocenters. The van der Waals surface area contributed by atoms with Gasteiger partial charge in [0.25, 0.3) is 11.5 Å². The van der Waals surface area contributed by atoms with Gasteiger partial charge in [0.05, 0.1) is 18.6 Å². The van der Waals surface area contributed by atoms with Gasteiger partial charge in [-0.05, 0) is 36.4 Å². The molecule has 2 heterocycles. The molecule has 0 bridgehead atoms. The number of nitrogens with zero attached hydrogens (tertiary/aromatic N) is 1. The first-order valence-corrected chi connectivity index (χ1v) is 10.2. The van der Waals surface area contributed by atoms with E-state index in [9.17, 15) is 23.6 Å². The van der Waals surface area contributed by atoms with Crippen LogP contribution in [-0.4, -0.2) is 33.4 Å². The maximum Gasteiger partial charge on any atom is 0.277 e. The Morgan fingerprint density at radius 1 is 1.16 bits per heavy atom. The van der Waals surface area contributed by atoms with Crippen LogP contribution in [0, 0.1) is 5.82 Å². The number of nitrogens with one attached hydrogen (secondary N) is 4. The molecule has 0 aliphatic rings. The second-order valence-corrected chi connectivity index (χ2v) is 7.35. The van der Waals surface area contributed by atoms with E-state index in [-0.39, 0.29) is 40.4 Å². The molecule has 0 saturated carbocycles. The Bertz CT molecular complexity index is 1180. The Balaban J connectivity index is 1.72. The van der Waals surface area contributed by atoms with E-state index >= 15 is 0 Å². The summed E-state index contributed by atoms with van der Waals surface area (Å²) in [5, 5.41) is 7.46. The smallest absolute Gasteiger partial charge is 0.277 e. The molecule has 0 aliphatic heterocycles. The van der Waals surface area contributed by atoms with Gasteiger partial charge in [-0.25, -0.2) is 9.37 Å². The fraction of sp³-hybridized carbons (Fsp3) is 0.150. The predicted molar refractivity (Wildman–Crippen MR) is 115 cm³/mol. The van der Waals surface area contributed by atoms with Gasteiger partial charge in [-0.2, -0.15) is 0 Å². The summed E-state index contributed by atoms with van der Waals surface area (Å²) in [6.45, 7) is 1.42. The molecular formula is C20H18FN5O5S. The van der Waals surface area contributed by atoms with Gasteiger partial charge in [-0.15, -0.1) is 0 Å². The molecule has 0 fully saturated rings. The maximum atomic E-state index is 13.1. The summed E-state index contributed by atoms with van der Waals surface area (Å²) in [4.78, 5) is 55.1. The molecule has 0 unspecified atom stereocenters.